The number of ether oxygens (including phenoxy) is 1. The summed E-state index contributed by atoms with van der Waals surface area (Å²) in [5.41, 5.74) is 1.81. The number of aromatic nitrogens is 3. The van der Waals surface area contributed by atoms with Crippen LogP contribution in [-0.4, -0.2) is 32.7 Å². The summed E-state index contributed by atoms with van der Waals surface area (Å²) in [6.07, 6.45) is 1.72. The highest BCUT2D eigenvalue weighted by Gasteiger charge is 2.14. The maximum Gasteiger partial charge on any atom is 0.358 e. The molecule has 0 saturated heterocycles. The summed E-state index contributed by atoms with van der Waals surface area (Å²) in [6.45, 7) is 4.94. The minimum Gasteiger partial charge on any atom is -0.494 e. The van der Waals surface area contributed by atoms with Gasteiger partial charge in [0.05, 0.1) is 12.3 Å². The molecule has 21 heavy (non-hydrogen) atoms. The van der Waals surface area contributed by atoms with Gasteiger partial charge in [-0.25, -0.2) is 9.48 Å². The van der Waals surface area contributed by atoms with Gasteiger partial charge in [-0.3, -0.25) is 0 Å². The third kappa shape index (κ3) is 3.81. The van der Waals surface area contributed by atoms with Crippen LogP contribution < -0.4 is 4.74 Å². The molecule has 0 spiro atoms. The van der Waals surface area contributed by atoms with E-state index in [0.717, 1.165) is 18.6 Å². The highest BCUT2D eigenvalue weighted by atomic mass is 16.5. The summed E-state index contributed by atoms with van der Waals surface area (Å²) in [5.74, 6) is -0.192. The second-order valence-corrected chi connectivity index (χ2v) is 4.75. The number of nitrogens with zero attached hydrogens (tertiary/aromatic N) is 3. The molecule has 0 fully saturated rings. The smallest absolute Gasteiger partial charge is 0.358 e. The number of hydrogen-bond donors (Lipinski definition) is 1. The van der Waals surface area contributed by atoms with Crippen LogP contribution in [0.15, 0.2) is 24.3 Å². The van der Waals surface area contributed by atoms with Gasteiger partial charge in [0.1, 0.15) is 5.75 Å². The molecule has 2 rings (SSSR count). The first-order valence-electron chi connectivity index (χ1n) is 6.97. The molecule has 0 radical (unpaired) electrons. The van der Waals surface area contributed by atoms with Gasteiger partial charge in [0, 0.05) is 13.0 Å². The van der Waals surface area contributed by atoms with Crippen LogP contribution >= 0.6 is 0 Å². The van der Waals surface area contributed by atoms with Gasteiger partial charge in [-0.05, 0) is 31.0 Å². The SMILES string of the molecule is CCc1cccc(OCCCn2nnc(C(=O)O)c2C)c1. The molecular formula is C15H19N3O3. The highest BCUT2D eigenvalue weighted by Crippen LogP contribution is 2.14. The lowest BCUT2D eigenvalue weighted by molar-refractivity contribution is 0.0689. The lowest BCUT2D eigenvalue weighted by Gasteiger charge is -2.08. The molecule has 6 nitrogen and oxygen atoms in total. The Morgan fingerprint density at radius 3 is 2.90 bits per heavy atom. The summed E-state index contributed by atoms with van der Waals surface area (Å²) < 4.78 is 7.28. The lowest BCUT2D eigenvalue weighted by atomic mass is 10.2. The Bertz CT molecular complexity index is 622. The van der Waals surface area contributed by atoms with E-state index in [9.17, 15) is 4.79 Å². The summed E-state index contributed by atoms with van der Waals surface area (Å²) in [6, 6.07) is 8.01. The number of carboxylic acid groups (broad SMARTS) is 1. The van der Waals surface area contributed by atoms with Crippen molar-refractivity contribution in [3.8, 4) is 5.75 Å². The van der Waals surface area contributed by atoms with E-state index in [0.29, 0.717) is 18.8 Å². The van der Waals surface area contributed by atoms with Gasteiger partial charge >= 0.3 is 5.97 Å². The van der Waals surface area contributed by atoms with Crippen LogP contribution in [-0.2, 0) is 13.0 Å². The van der Waals surface area contributed by atoms with Crippen molar-refractivity contribution in [3.05, 3.63) is 41.2 Å². The van der Waals surface area contributed by atoms with E-state index in [4.69, 9.17) is 9.84 Å². The molecule has 1 N–H and O–H groups in total. The van der Waals surface area contributed by atoms with Crippen molar-refractivity contribution >= 4 is 5.97 Å². The van der Waals surface area contributed by atoms with Crippen LogP contribution in [0.4, 0.5) is 0 Å². The molecular weight excluding hydrogens is 270 g/mol. The van der Waals surface area contributed by atoms with Crippen molar-refractivity contribution in [2.45, 2.75) is 33.2 Å². The van der Waals surface area contributed by atoms with Crippen LogP contribution in [0.1, 0.15) is 35.1 Å². The van der Waals surface area contributed by atoms with Gasteiger partial charge in [0.15, 0.2) is 5.69 Å². The molecule has 1 heterocycles. The molecule has 0 amide bonds. The molecule has 0 aliphatic heterocycles. The largest absolute Gasteiger partial charge is 0.494 e. The number of hydrogen-bond acceptors (Lipinski definition) is 4. The Balaban J connectivity index is 1.83. The Labute approximate surface area is 123 Å². The van der Waals surface area contributed by atoms with Gasteiger partial charge in [0.2, 0.25) is 0 Å². The maximum atomic E-state index is 10.9. The second-order valence-electron chi connectivity index (χ2n) is 4.75. The molecule has 0 aliphatic carbocycles. The molecule has 1 aromatic carbocycles. The molecule has 0 atom stereocenters. The average Bonchev–Trinajstić information content (AvgIpc) is 2.85. The van der Waals surface area contributed by atoms with E-state index in [1.165, 1.54) is 5.56 Å². The second kappa shape index (κ2) is 6.88. The normalized spacial score (nSPS) is 10.6. The first kappa shape index (κ1) is 15.0. The van der Waals surface area contributed by atoms with Crippen molar-refractivity contribution in [2.24, 2.45) is 0 Å². The van der Waals surface area contributed by atoms with E-state index in [-0.39, 0.29) is 5.69 Å². The number of benzene rings is 1. The molecule has 0 aliphatic rings. The van der Waals surface area contributed by atoms with Crippen LogP contribution in [0.5, 0.6) is 5.75 Å². The van der Waals surface area contributed by atoms with E-state index < -0.39 is 5.97 Å². The fraction of sp³-hybridized carbons (Fsp3) is 0.400. The fourth-order valence-electron chi connectivity index (χ4n) is 2.03. The zero-order chi connectivity index (χ0) is 15.2. The predicted octanol–water partition coefficient (Wildman–Crippen LogP) is 2.32. The van der Waals surface area contributed by atoms with Gasteiger partial charge < -0.3 is 9.84 Å². The van der Waals surface area contributed by atoms with Crippen molar-refractivity contribution in [1.29, 1.82) is 0 Å². The Kier molecular flexibility index (Phi) is 4.92. The average molecular weight is 289 g/mol. The number of aromatic carboxylic acids is 1. The van der Waals surface area contributed by atoms with Crippen LogP contribution in [0.2, 0.25) is 0 Å². The van der Waals surface area contributed by atoms with Gasteiger partial charge in [-0.1, -0.05) is 24.3 Å². The van der Waals surface area contributed by atoms with E-state index in [1.807, 2.05) is 18.2 Å². The zero-order valence-electron chi connectivity index (χ0n) is 12.2. The number of carbonyl (C=O) groups is 1. The minimum atomic E-state index is -1.05. The van der Waals surface area contributed by atoms with Crippen molar-refractivity contribution in [1.82, 2.24) is 15.0 Å². The number of carboxylic acids is 1. The number of aryl methyl sites for hydroxylation is 2. The molecule has 112 valence electrons. The summed E-state index contributed by atoms with van der Waals surface area (Å²) in [5, 5.41) is 16.4. The predicted molar refractivity (Wildman–Crippen MR) is 77.7 cm³/mol. The topological polar surface area (TPSA) is 77.2 Å². The van der Waals surface area contributed by atoms with Crippen LogP contribution in [0.25, 0.3) is 0 Å². The molecule has 2 aromatic rings. The Morgan fingerprint density at radius 1 is 1.43 bits per heavy atom. The molecule has 0 bridgehead atoms. The monoisotopic (exact) mass is 289 g/mol. The Hall–Kier alpha value is -2.37. The molecule has 0 saturated carbocycles. The van der Waals surface area contributed by atoms with E-state index in [1.54, 1.807) is 11.6 Å². The first-order valence-corrected chi connectivity index (χ1v) is 6.97. The van der Waals surface area contributed by atoms with Crippen molar-refractivity contribution in [2.75, 3.05) is 6.61 Å². The fourth-order valence-corrected chi connectivity index (χ4v) is 2.03. The summed E-state index contributed by atoms with van der Waals surface area (Å²) in [4.78, 5) is 10.9. The highest BCUT2D eigenvalue weighted by molar-refractivity contribution is 5.86. The molecule has 0 unspecified atom stereocenters. The maximum absolute atomic E-state index is 10.9. The molecule has 1 aromatic heterocycles. The zero-order valence-corrected chi connectivity index (χ0v) is 12.2. The van der Waals surface area contributed by atoms with Crippen molar-refractivity contribution in [3.63, 3.8) is 0 Å². The standard InChI is InChI=1S/C15H19N3O3/c1-3-12-6-4-7-13(10-12)21-9-5-8-18-11(2)14(15(19)20)16-17-18/h4,6-7,10H,3,5,8-9H2,1-2H3,(H,19,20). The van der Waals surface area contributed by atoms with Crippen LogP contribution in [0.3, 0.4) is 0 Å². The number of rotatable bonds is 7. The van der Waals surface area contributed by atoms with Gasteiger partial charge in [0.25, 0.3) is 0 Å². The van der Waals surface area contributed by atoms with Gasteiger partial charge in [-0.2, -0.15) is 0 Å². The third-order valence-corrected chi connectivity index (χ3v) is 3.27. The molecule has 6 heteroatoms. The Morgan fingerprint density at radius 2 is 2.24 bits per heavy atom. The minimum absolute atomic E-state index is 0.00608. The quantitative estimate of drug-likeness (QED) is 0.791. The van der Waals surface area contributed by atoms with Crippen molar-refractivity contribution < 1.29 is 14.6 Å². The first-order chi connectivity index (χ1) is 10.1. The lowest BCUT2D eigenvalue weighted by Crippen LogP contribution is -2.08. The van der Waals surface area contributed by atoms with E-state index in [2.05, 4.69) is 23.3 Å². The summed E-state index contributed by atoms with van der Waals surface area (Å²) >= 11 is 0. The van der Waals surface area contributed by atoms with Crippen LogP contribution in [0, 0.1) is 6.92 Å². The van der Waals surface area contributed by atoms with E-state index >= 15 is 0 Å². The van der Waals surface area contributed by atoms with Gasteiger partial charge in [-0.15, -0.1) is 5.10 Å². The summed E-state index contributed by atoms with van der Waals surface area (Å²) in [7, 11) is 0. The third-order valence-electron chi connectivity index (χ3n) is 3.27.